The van der Waals surface area contributed by atoms with Gasteiger partial charge in [-0.25, -0.2) is 9.37 Å². The number of nitrogens with one attached hydrogen (secondary N) is 1. The quantitative estimate of drug-likeness (QED) is 0.787. The second-order valence-corrected chi connectivity index (χ2v) is 3.83. The minimum atomic E-state index is -0.603. The van der Waals surface area contributed by atoms with Crippen LogP contribution in [-0.2, 0) is 6.54 Å². The zero-order valence-electron chi connectivity index (χ0n) is 9.72. The van der Waals surface area contributed by atoms with Crippen LogP contribution < -0.4 is 5.73 Å². The summed E-state index contributed by atoms with van der Waals surface area (Å²) >= 11 is 0. The molecule has 0 saturated carbocycles. The standard InChI is InChI=1S/C11H12FN5O/c1-17(5-10-14-6-15-16-10)11(18)7-2-3-9(13)8(12)4-7/h2-4,6H,5,13H2,1H3,(H,14,15,16). The number of amides is 1. The summed E-state index contributed by atoms with van der Waals surface area (Å²) in [5, 5.41) is 6.33. The number of carbonyl (C=O) groups is 1. The summed E-state index contributed by atoms with van der Waals surface area (Å²) in [7, 11) is 1.60. The van der Waals surface area contributed by atoms with E-state index in [0.717, 1.165) is 6.07 Å². The smallest absolute Gasteiger partial charge is 0.254 e. The highest BCUT2D eigenvalue weighted by atomic mass is 19.1. The van der Waals surface area contributed by atoms with Gasteiger partial charge in [-0.05, 0) is 18.2 Å². The van der Waals surface area contributed by atoms with Gasteiger partial charge < -0.3 is 10.6 Å². The second kappa shape index (κ2) is 4.82. The molecule has 1 aromatic heterocycles. The molecule has 0 aliphatic carbocycles. The van der Waals surface area contributed by atoms with Gasteiger partial charge in [0.15, 0.2) is 0 Å². The van der Waals surface area contributed by atoms with E-state index in [1.807, 2.05) is 0 Å². The molecule has 0 spiro atoms. The Balaban J connectivity index is 2.12. The molecule has 2 aromatic rings. The van der Waals surface area contributed by atoms with Gasteiger partial charge in [0.05, 0.1) is 12.2 Å². The van der Waals surface area contributed by atoms with Crippen molar-refractivity contribution < 1.29 is 9.18 Å². The van der Waals surface area contributed by atoms with E-state index in [4.69, 9.17) is 5.73 Å². The highest BCUT2D eigenvalue weighted by Gasteiger charge is 2.14. The summed E-state index contributed by atoms with van der Waals surface area (Å²) in [6, 6.07) is 3.97. The Labute approximate surface area is 103 Å². The molecule has 0 saturated heterocycles. The molecule has 0 radical (unpaired) electrons. The number of aromatic amines is 1. The van der Waals surface area contributed by atoms with E-state index < -0.39 is 5.82 Å². The first-order valence-corrected chi connectivity index (χ1v) is 5.22. The van der Waals surface area contributed by atoms with E-state index in [2.05, 4.69) is 15.2 Å². The zero-order valence-corrected chi connectivity index (χ0v) is 9.72. The topological polar surface area (TPSA) is 87.9 Å². The number of nitrogen functional groups attached to an aromatic ring is 1. The van der Waals surface area contributed by atoms with Gasteiger partial charge in [-0.15, -0.1) is 0 Å². The Hall–Kier alpha value is -2.44. The predicted octanol–water partition coefficient (Wildman–Crippen LogP) is 0.798. The van der Waals surface area contributed by atoms with Crippen molar-refractivity contribution in [3.8, 4) is 0 Å². The fourth-order valence-corrected chi connectivity index (χ4v) is 1.48. The largest absolute Gasteiger partial charge is 0.396 e. The molecular weight excluding hydrogens is 237 g/mol. The van der Waals surface area contributed by atoms with Crippen LogP contribution in [0.15, 0.2) is 24.5 Å². The lowest BCUT2D eigenvalue weighted by Crippen LogP contribution is -2.26. The minimum Gasteiger partial charge on any atom is -0.396 e. The molecule has 2 rings (SSSR count). The maximum atomic E-state index is 13.3. The molecule has 1 aromatic carbocycles. The van der Waals surface area contributed by atoms with Crippen molar-refractivity contribution in [1.29, 1.82) is 0 Å². The minimum absolute atomic E-state index is 0.0180. The summed E-state index contributed by atoms with van der Waals surface area (Å²) in [4.78, 5) is 17.3. The first-order chi connectivity index (χ1) is 8.58. The van der Waals surface area contributed by atoms with Crippen molar-refractivity contribution in [3.05, 3.63) is 41.7 Å². The number of carbonyl (C=O) groups excluding carboxylic acids is 1. The Kier molecular flexibility index (Phi) is 3.22. The fourth-order valence-electron chi connectivity index (χ4n) is 1.48. The Morgan fingerprint density at radius 1 is 1.56 bits per heavy atom. The van der Waals surface area contributed by atoms with Gasteiger partial charge in [-0.1, -0.05) is 0 Å². The number of anilines is 1. The van der Waals surface area contributed by atoms with Crippen molar-refractivity contribution >= 4 is 11.6 Å². The van der Waals surface area contributed by atoms with Gasteiger partial charge >= 0.3 is 0 Å². The lowest BCUT2D eigenvalue weighted by atomic mass is 10.2. The first kappa shape index (κ1) is 12.0. The maximum Gasteiger partial charge on any atom is 0.254 e. The van der Waals surface area contributed by atoms with E-state index in [1.165, 1.54) is 23.4 Å². The molecule has 18 heavy (non-hydrogen) atoms. The SMILES string of the molecule is CN(Cc1ncn[nH]1)C(=O)c1ccc(N)c(F)c1. The van der Waals surface area contributed by atoms with Gasteiger partial charge in [0.2, 0.25) is 0 Å². The number of nitrogens with two attached hydrogens (primary N) is 1. The summed E-state index contributed by atoms with van der Waals surface area (Å²) in [6.45, 7) is 0.269. The van der Waals surface area contributed by atoms with Crippen molar-refractivity contribution in [2.45, 2.75) is 6.54 Å². The number of rotatable bonds is 3. The van der Waals surface area contributed by atoms with E-state index >= 15 is 0 Å². The monoisotopic (exact) mass is 249 g/mol. The molecule has 0 atom stereocenters. The van der Waals surface area contributed by atoms with Crippen LogP contribution in [0.3, 0.4) is 0 Å². The molecule has 0 unspecified atom stereocenters. The summed E-state index contributed by atoms with van der Waals surface area (Å²) in [5.74, 6) is -0.360. The van der Waals surface area contributed by atoms with Gasteiger partial charge in [0, 0.05) is 12.6 Å². The summed E-state index contributed by atoms with van der Waals surface area (Å²) < 4.78 is 13.3. The van der Waals surface area contributed by atoms with Crippen molar-refractivity contribution in [2.24, 2.45) is 0 Å². The van der Waals surface area contributed by atoms with E-state index in [9.17, 15) is 9.18 Å². The molecule has 6 nitrogen and oxygen atoms in total. The van der Waals surface area contributed by atoms with Crippen LogP contribution in [0.5, 0.6) is 0 Å². The second-order valence-electron chi connectivity index (χ2n) is 3.83. The first-order valence-electron chi connectivity index (χ1n) is 5.22. The molecule has 1 heterocycles. The Bertz CT molecular complexity index is 555. The Morgan fingerprint density at radius 3 is 2.94 bits per heavy atom. The van der Waals surface area contributed by atoms with E-state index in [0.29, 0.717) is 5.82 Å². The molecule has 0 aliphatic heterocycles. The van der Waals surface area contributed by atoms with E-state index in [-0.39, 0.29) is 23.7 Å². The fraction of sp³-hybridized carbons (Fsp3) is 0.182. The summed E-state index contributed by atoms with van der Waals surface area (Å²) in [5.41, 5.74) is 5.61. The van der Waals surface area contributed by atoms with Crippen LogP contribution in [0.4, 0.5) is 10.1 Å². The van der Waals surface area contributed by atoms with Crippen molar-refractivity contribution in [3.63, 3.8) is 0 Å². The third-order valence-electron chi connectivity index (χ3n) is 2.45. The Morgan fingerprint density at radius 2 is 2.33 bits per heavy atom. The van der Waals surface area contributed by atoms with Crippen LogP contribution in [0.1, 0.15) is 16.2 Å². The van der Waals surface area contributed by atoms with Crippen molar-refractivity contribution in [1.82, 2.24) is 20.1 Å². The average Bonchev–Trinajstić information content (AvgIpc) is 2.84. The normalized spacial score (nSPS) is 10.3. The van der Waals surface area contributed by atoms with Crippen LogP contribution in [0, 0.1) is 5.82 Å². The summed E-state index contributed by atoms with van der Waals surface area (Å²) in [6.07, 6.45) is 1.36. The number of hydrogen-bond acceptors (Lipinski definition) is 4. The number of benzene rings is 1. The maximum absolute atomic E-state index is 13.3. The molecule has 3 N–H and O–H groups in total. The van der Waals surface area contributed by atoms with Gasteiger partial charge in [-0.3, -0.25) is 9.89 Å². The third kappa shape index (κ3) is 2.45. The number of nitrogens with zero attached hydrogens (tertiary/aromatic N) is 3. The highest BCUT2D eigenvalue weighted by Crippen LogP contribution is 2.13. The van der Waals surface area contributed by atoms with Crippen LogP contribution >= 0.6 is 0 Å². The van der Waals surface area contributed by atoms with Crippen LogP contribution in [0.25, 0.3) is 0 Å². The third-order valence-corrected chi connectivity index (χ3v) is 2.45. The molecule has 0 bridgehead atoms. The van der Waals surface area contributed by atoms with Crippen LogP contribution in [0.2, 0.25) is 0 Å². The van der Waals surface area contributed by atoms with Gasteiger partial charge in [-0.2, -0.15) is 5.10 Å². The number of H-pyrrole nitrogens is 1. The molecule has 7 heteroatoms. The molecule has 94 valence electrons. The van der Waals surface area contributed by atoms with Crippen molar-refractivity contribution in [2.75, 3.05) is 12.8 Å². The number of halogens is 1. The molecular formula is C11H12FN5O. The van der Waals surface area contributed by atoms with Crippen LogP contribution in [-0.4, -0.2) is 33.0 Å². The lowest BCUT2D eigenvalue weighted by molar-refractivity contribution is 0.0781. The highest BCUT2D eigenvalue weighted by molar-refractivity contribution is 5.94. The number of aromatic nitrogens is 3. The zero-order chi connectivity index (χ0) is 13.1. The van der Waals surface area contributed by atoms with E-state index in [1.54, 1.807) is 7.05 Å². The lowest BCUT2D eigenvalue weighted by Gasteiger charge is -2.15. The van der Waals surface area contributed by atoms with Gasteiger partial charge in [0.25, 0.3) is 5.91 Å². The molecule has 1 amide bonds. The predicted molar refractivity (Wildman–Crippen MR) is 63.0 cm³/mol. The average molecular weight is 249 g/mol. The van der Waals surface area contributed by atoms with Gasteiger partial charge in [0.1, 0.15) is 18.0 Å². The molecule has 0 fully saturated rings. The number of hydrogen-bond donors (Lipinski definition) is 2. The molecule has 0 aliphatic rings.